The molecule has 3 nitrogen and oxygen atoms in total. The Hall–Kier alpha value is -1.22. The molecule has 0 amide bonds. The van der Waals surface area contributed by atoms with Gasteiger partial charge in [-0.3, -0.25) is 0 Å². The molecule has 2 rings (SSSR count). The molecule has 1 aromatic rings. The van der Waals surface area contributed by atoms with E-state index in [1.165, 1.54) is 19.3 Å². The molecule has 0 radical (unpaired) electrons. The average molecular weight is 277 g/mol. The van der Waals surface area contributed by atoms with E-state index in [9.17, 15) is 5.11 Å². The van der Waals surface area contributed by atoms with Crippen LogP contribution in [0.3, 0.4) is 0 Å². The summed E-state index contributed by atoms with van der Waals surface area (Å²) in [7, 11) is 1.72. The third kappa shape index (κ3) is 3.09. The van der Waals surface area contributed by atoms with Crippen molar-refractivity contribution in [1.82, 2.24) is 0 Å². The number of hydrogen-bond acceptors (Lipinski definition) is 3. The van der Waals surface area contributed by atoms with E-state index in [-0.39, 0.29) is 12.0 Å². The van der Waals surface area contributed by atoms with Gasteiger partial charge < -0.3 is 15.2 Å². The first-order chi connectivity index (χ1) is 9.62. The number of anilines is 1. The van der Waals surface area contributed by atoms with Gasteiger partial charge >= 0.3 is 0 Å². The number of methoxy groups -OCH3 is 1. The van der Waals surface area contributed by atoms with Gasteiger partial charge in [-0.1, -0.05) is 25.3 Å². The van der Waals surface area contributed by atoms with Crippen LogP contribution in [-0.2, 0) is 0 Å². The van der Waals surface area contributed by atoms with Gasteiger partial charge in [0, 0.05) is 23.2 Å². The fourth-order valence-corrected chi connectivity index (χ4v) is 3.31. The van der Waals surface area contributed by atoms with Gasteiger partial charge in [0.05, 0.1) is 13.7 Å². The maximum Gasteiger partial charge on any atom is 0.126 e. The minimum atomic E-state index is 0.0583. The zero-order valence-electron chi connectivity index (χ0n) is 13.0. The fraction of sp³-hybridized carbons (Fsp3) is 0.647. The van der Waals surface area contributed by atoms with Crippen molar-refractivity contribution in [3.63, 3.8) is 0 Å². The molecule has 112 valence electrons. The third-order valence-electron chi connectivity index (χ3n) is 4.71. The molecular weight excluding hydrogens is 250 g/mol. The van der Waals surface area contributed by atoms with Crippen molar-refractivity contribution < 1.29 is 9.84 Å². The fourth-order valence-electron chi connectivity index (χ4n) is 3.31. The molecule has 0 spiro atoms. The highest BCUT2D eigenvalue weighted by atomic mass is 16.5. The van der Waals surface area contributed by atoms with Crippen molar-refractivity contribution in [2.24, 2.45) is 5.41 Å². The number of aryl methyl sites for hydroxylation is 1. The first-order valence-corrected chi connectivity index (χ1v) is 7.61. The van der Waals surface area contributed by atoms with Gasteiger partial charge in [-0.2, -0.15) is 0 Å². The quantitative estimate of drug-likeness (QED) is 0.863. The summed E-state index contributed by atoms with van der Waals surface area (Å²) >= 11 is 0. The molecule has 0 atom stereocenters. The number of aliphatic hydroxyl groups is 1. The van der Waals surface area contributed by atoms with Gasteiger partial charge in [-0.25, -0.2) is 0 Å². The minimum absolute atomic E-state index is 0.0583. The topological polar surface area (TPSA) is 41.5 Å². The largest absolute Gasteiger partial charge is 0.496 e. The Morgan fingerprint density at radius 2 is 1.90 bits per heavy atom. The number of hydrogen-bond donors (Lipinski definition) is 2. The molecule has 0 aromatic heterocycles. The number of rotatable bonds is 5. The lowest BCUT2D eigenvalue weighted by Gasteiger charge is -2.36. The highest BCUT2D eigenvalue weighted by Crippen LogP contribution is 2.37. The van der Waals surface area contributed by atoms with E-state index in [0.717, 1.165) is 42.0 Å². The maximum absolute atomic E-state index is 9.77. The molecule has 3 heteroatoms. The molecule has 0 unspecified atom stereocenters. The van der Waals surface area contributed by atoms with Crippen LogP contribution in [0.2, 0.25) is 0 Å². The van der Waals surface area contributed by atoms with Crippen LogP contribution >= 0.6 is 0 Å². The Kier molecular flexibility index (Phi) is 4.92. The Bertz CT molecular complexity index is 451. The molecule has 2 N–H and O–H groups in total. The lowest BCUT2D eigenvalue weighted by molar-refractivity contribution is 0.0944. The second-order valence-corrected chi connectivity index (χ2v) is 6.16. The Balaban J connectivity index is 2.10. The van der Waals surface area contributed by atoms with Crippen LogP contribution in [0.25, 0.3) is 0 Å². The summed E-state index contributed by atoms with van der Waals surface area (Å²) in [6, 6.07) is 4.20. The van der Waals surface area contributed by atoms with E-state index in [0.29, 0.717) is 0 Å². The van der Waals surface area contributed by atoms with Gasteiger partial charge in [-0.05, 0) is 38.3 Å². The van der Waals surface area contributed by atoms with E-state index in [4.69, 9.17) is 4.74 Å². The minimum Gasteiger partial charge on any atom is -0.496 e. The van der Waals surface area contributed by atoms with E-state index in [1.807, 2.05) is 0 Å². The number of ether oxygens (including phenoxy) is 1. The SMILES string of the molecule is COc1c(C)ccc(NCC2(CO)CCCCC2)c1C. The molecule has 1 aliphatic rings. The van der Waals surface area contributed by atoms with Gasteiger partial charge in [0.25, 0.3) is 0 Å². The molecule has 0 bridgehead atoms. The van der Waals surface area contributed by atoms with Crippen molar-refractivity contribution in [1.29, 1.82) is 0 Å². The summed E-state index contributed by atoms with van der Waals surface area (Å²) in [5.41, 5.74) is 3.48. The van der Waals surface area contributed by atoms with Crippen molar-refractivity contribution in [3.8, 4) is 5.75 Å². The highest BCUT2D eigenvalue weighted by molar-refractivity contribution is 5.59. The zero-order chi connectivity index (χ0) is 14.6. The monoisotopic (exact) mass is 277 g/mol. The lowest BCUT2D eigenvalue weighted by Crippen LogP contribution is -2.35. The molecule has 1 aliphatic carbocycles. The van der Waals surface area contributed by atoms with Crippen molar-refractivity contribution >= 4 is 5.69 Å². The van der Waals surface area contributed by atoms with Gasteiger partial charge in [0.15, 0.2) is 0 Å². The number of nitrogens with one attached hydrogen (secondary N) is 1. The third-order valence-corrected chi connectivity index (χ3v) is 4.71. The predicted octanol–water partition coefficient (Wildman–Crippen LogP) is 3.67. The molecular formula is C17H27NO2. The molecule has 0 heterocycles. The molecule has 1 saturated carbocycles. The first-order valence-electron chi connectivity index (χ1n) is 7.61. The predicted molar refractivity (Wildman–Crippen MR) is 83.6 cm³/mol. The molecule has 0 aliphatic heterocycles. The Morgan fingerprint density at radius 3 is 2.50 bits per heavy atom. The van der Waals surface area contributed by atoms with E-state index >= 15 is 0 Å². The smallest absolute Gasteiger partial charge is 0.126 e. The first kappa shape index (κ1) is 15.2. The number of benzene rings is 1. The average Bonchev–Trinajstić information content (AvgIpc) is 2.48. The van der Waals surface area contributed by atoms with Crippen LogP contribution in [0.1, 0.15) is 43.2 Å². The van der Waals surface area contributed by atoms with Gasteiger partial charge in [-0.15, -0.1) is 0 Å². The standard InChI is InChI=1S/C17H27NO2/c1-13-7-8-15(14(2)16(13)20-3)18-11-17(12-19)9-5-4-6-10-17/h7-8,18-19H,4-6,9-12H2,1-3H3. The summed E-state index contributed by atoms with van der Waals surface area (Å²) in [4.78, 5) is 0. The van der Waals surface area contributed by atoms with Crippen LogP contribution in [0.15, 0.2) is 12.1 Å². The Labute approximate surface area is 122 Å². The summed E-state index contributed by atoms with van der Waals surface area (Å²) in [5.74, 6) is 0.955. The molecule has 1 fully saturated rings. The van der Waals surface area contributed by atoms with Crippen LogP contribution < -0.4 is 10.1 Å². The lowest BCUT2D eigenvalue weighted by atomic mass is 9.74. The summed E-state index contributed by atoms with van der Waals surface area (Å²) in [5, 5.41) is 13.3. The van der Waals surface area contributed by atoms with Crippen LogP contribution in [-0.4, -0.2) is 25.4 Å². The Morgan fingerprint density at radius 1 is 1.20 bits per heavy atom. The maximum atomic E-state index is 9.77. The number of aliphatic hydroxyl groups excluding tert-OH is 1. The van der Waals surface area contributed by atoms with E-state index in [2.05, 4.69) is 31.3 Å². The van der Waals surface area contributed by atoms with Crippen molar-refractivity contribution in [3.05, 3.63) is 23.3 Å². The molecule has 20 heavy (non-hydrogen) atoms. The van der Waals surface area contributed by atoms with Crippen molar-refractivity contribution in [2.45, 2.75) is 46.0 Å². The van der Waals surface area contributed by atoms with Crippen LogP contribution in [0.5, 0.6) is 5.75 Å². The summed E-state index contributed by atoms with van der Waals surface area (Å²) in [6.07, 6.45) is 6.02. The van der Waals surface area contributed by atoms with E-state index in [1.54, 1.807) is 7.11 Å². The second kappa shape index (κ2) is 6.49. The summed E-state index contributed by atoms with van der Waals surface area (Å²) < 4.78 is 5.47. The van der Waals surface area contributed by atoms with Crippen LogP contribution in [0.4, 0.5) is 5.69 Å². The highest BCUT2D eigenvalue weighted by Gasteiger charge is 2.31. The van der Waals surface area contributed by atoms with Crippen molar-refractivity contribution in [2.75, 3.05) is 25.6 Å². The second-order valence-electron chi connectivity index (χ2n) is 6.16. The van der Waals surface area contributed by atoms with E-state index < -0.39 is 0 Å². The summed E-state index contributed by atoms with van der Waals surface area (Å²) in [6.45, 7) is 5.27. The van der Waals surface area contributed by atoms with Crippen LogP contribution in [0, 0.1) is 19.3 Å². The molecule has 1 aromatic carbocycles. The zero-order valence-corrected chi connectivity index (χ0v) is 13.0. The van der Waals surface area contributed by atoms with Gasteiger partial charge in [0.2, 0.25) is 0 Å². The normalized spacial score (nSPS) is 17.8. The van der Waals surface area contributed by atoms with Gasteiger partial charge in [0.1, 0.15) is 5.75 Å². The molecule has 0 saturated heterocycles.